The molecular weight excluding hydrogens is 278 g/mol. The van der Waals surface area contributed by atoms with Crippen LogP contribution >= 0.6 is 23.3 Å². The first kappa shape index (κ1) is 12.4. The van der Waals surface area contributed by atoms with Gasteiger partial charge in [0.2, 0.25) is 5.13 Å². The number of hydrogen-bond acceptors (Lipinski definition) is 6. The molecule has 2 atom stereocenters. The van der Waals surface area contributed by atoms with Crippen molar-refractivity contribution in [1.82, 2.24) is 9.36 Å². The number of thioether (sulfide) groups is 1. The van der Waals surface area contributed by atoms with Crippen molar-refractivity contribution in [2.75, 3.05) is 23.4 Å². The Bertz CT molecular complexity index is 454. The average Bonchev–Trinajstić information content (AvgIpc) is 3.01. The van der Waals surface area contributed by atoms with Gasteiger partial charge < -0.3 is 10.1 Å². The zero-order valence-electron chi connectivity index (χ0n) is 10.9. The molecule has 1 saturated carbocycles. The minimum Gasteiger partial charge on any atom is -0.374 e. The van der Waals surface area contributed by atoms with Gasteiger partial charge in [-0.1, -0.05) is 0 Å². The molecule has 0 radical (unpaired) electrons. The maximum absolute atomic E-state index is 6.05. The first-order chi connectivity index (χ1) is 9.33. The van der Waals surface area contributed by atoms with Gasteiger partial charge in [-0.2, -0.15) is 16.1 Å². The summed E-state index contributed by atoms with van der Waals surface area (Å²) in [6, 6.07) is 0.507. The predicted molar refractivity (Wildman–Crippen MR) is 79.2 cm³/mol. The van der Waals surface area contributed by atoms with Crippen molar-refractivity contribution < 1.29 is 4.74 Å². The SMILES string of the molecule is C1C[C@@H](Nc2nc(C3CC3)ns2)C[C@@]2(CCSC2)O1. The Balaban J connectivity index is 1.40. The predicted octanol–water partition coefficient (Wildman–Crippen LogP) is 2.88. The molecule has 3 aliphatic rings. The molecule has 1 N–H and O–H groups in total. The van der Waals surface area contributed by atoms with Crippen LogP contribution in [0.15, 0.2) is 0 Å². The summed E-state index contributed by atoms with van der Waals surface area (Å²) in [5.41, 5.74) is 0.143. The highest BCUT2D eigenvalue weighted by Gasteiger charge is 2.40. The molecule has 0 amide bonds. The normalized spacial score (nSPS) is 34.8. The van der Waals surface area contributed by atoms with Crippen molar-refractivity contribution in [2.24, 2.45) is 0 Å². The first-order valence-electron chi connectivity index (χ1n) is 7.15. The summed E-state index contributed by atoms with van der Waals surface area (Å²) in [5, 5.41) is 4.60. The topological polar surface area (TPSA) is 47.0 Å². The minimum absolute atomic E-state index is 0.143. The molecule has 4 nitrogen and oxygen atoms in total. The summed E-state index contributed by atoms with van der Waals surface area (Å²) in [5.74, 6) is 4.12. The minimum atomic E-state index is 0.143. The molecule has 1 aliphatic carbocycles. The Morgan fingerprint density at radius 2 is 2.26 bits per heavy atom. The van der Waals surface area contributed by atoms with Gasteiger partial charge in [-0.25, -0.2) is 4.98 Å². The summed E-state index contributed by atoms with van der Waals surface area (Å²) in [6.07, 6.45) is 5.96. The van der Waals surface area contributed by atoms with Gasteiger partial charge in [0.05, 0.1) is 5.60 Å². The van der Waals surface area contributed by atoms with Gasteiger partial charge in [0.15, 0.2) is 0 Å². The first-order valence-corrected chi connectivity index (χ1v) is 9.08. The highest BCUT2D eigenvalue weighted by atomic mass is 32.2. The molecule has 1 spiro atoms. The lowest BCUT2D eigenvalue weighted by atomic mass is 9.90. The van der Waals surface area contributed by atoms with Crippen molar-refractivity contribution in [1.29, 1.82) is 0 Å². The maximum atomic E-state index is 6.05. The van der Waals surface area contributed by atoms with E-state index in [4.69, 9.17) is 4.74 Å². The molecule has 6 heteroatoms. The van der Waals surface area contributed by atoms with E-state index in [0.717, 1.165) is 36.2 Å². The fraction of sp³-hybridized carbons (Fsp3) is 0.846. The van der Waals surface area contributed by atoms with Gasteiger partial charge in [0.25, 0.3) is 0 Å². The molecule has 0 aromatic carbocycles. The number of nitrogens with one attached hydrogen (secondary N) is 1. The van der Waals surface area contributed by atoms with Gasteiger partial charge >= 0.3 is 0 Å². The molecular formula is C13H19N3OS2. The van der Waals surface area contributed by atoms with E-state index in [1.54, 1.807) is 0 Å². The second-order valence-electron chi connectivity index (χ2n) is 5.90. The van der Waals surface area contributed by atoms with Crippen molar-refractivity contribution in [3.8, 4) is 0 Å². The van der Waals surface area contributed by atoms with Crippen LogP contribution in [-0.4, -0.2) is 39.1 Å². The highest BCUT2D eigenvalue weighted by molar-refractivity contribution is 7.99. The monoisotopic (exact) mass is 297 g/mol. The van der Waals surface area contributed by atoms with Crippen LogP contribution in [0.1, 0.15) is 43.8 Å². The third-order valence-electron chi connectivity index (χ3n) is 4.27. The molecule has 2 saturated heterocycles. The lowest BCUT2D eigenvalue weighted by molar-refractivity contribution is -0.0628. The van der Waals surface area contributed by atoms with E-state index in [1.165, 1.54) is 36.5 Å². The summed E-state index contributed by atoms with van der Waals surface area (Å²) in [4.78, 5) is 4.63. The number of anilines is 1. The quantitative estimate of drug-likeness (QED) is 0.929. The summed E-state index contributed by atoms with van der Waals surface area (Å²) in [6.45, 7) is 0.881. The van der Waals surface area contributed by atoms with E-state index in [1.807, 2.05) is 11.8 Å². The molecule has 1 aromatic rings. The standard InChI is InChI=1S/C13H19N3OS2/c1-2-9(1)11-15-12(19-16-11)14-10-3-5-17-13(7-10)4-6-18-8-13/h9-10H,1-8H2,(H,14,15,16)/t10-,13-/m1/s1. The van der Waals surface area contributed by atoms with Crippen LogP contribution in [-0.2, 0) is 4.74 Å². The number of rotatable bonds is 3. The zero-order valence-corrected chi connectivity index (χ0v) is 12.6. The third-order valence-corrected chi connectivity index (χ3v) is 6.16. The molecule has 2 aliphatic heterocycles. The fourth-order valence-electron chi connectivity index (χ4n) is 2.99. The van der Waals surface area contributed by atoms with E-state index in [0.29, 0.717) is 12.0 Å². The Morgan fingerprint density at radius 3 is 3.05 bits per heavy atom. The number of aromatic nitrogens is 2. The Labute approximate surface area is 121 Å². The summed E-state index contributed by atoms with van der Waals surface area (Å²) in [7, 11) is 0. The van der Waals surface area contributed by atoms with Crippen molar-refractivity contribution in [3.05, 3.63) is 5.82 Å². The molecule has 104 valence electrons. The van der Waals surface area contributed by atoms with Crippen LogP contribution in [0.4, 0.5) is 5.13 Å². The van der Waals surface area contributed by atoms with E-state index < -0.39 is 0 Å². The van der Waals surface area contributed by atoms with Crippen LogP contribution in [0.25, 0.3) is 0 Å². The average molecular weight is 297 g/mol. The summed E-state index contributed by atoms with van der Waals surface area (Å²) >= 11 is 3.55. The zero-order chi connectivity index (χ0) is 12.7. The number of ether oxygens (including phenoxy) is 1. The van der Waals surface area contributed by atoms with E-state index in [2.05, 4.69) is 14.7 Å². The van der Waals surface area contributed by atoms with E-state index >= 15 is 0 Å². The van der Waals surface area contributed by atoms with E-state index in [-0.39, 0.29) is 5.60 Å². The summed E-state index contributed by atoms with van der Waals surface area (Å²) < 4.78 is 10.5. The van der Waals surface area contributed by atoms with Gasteiger partial charge in [-0.15, -0.1) is 0 Å². The molecule has 4 rings (SSSR count). The van der Waals surface area contributed by atoms with Crippen molar-refractivity contribution in [2.45, 2.75) is 49.7 Å². The van der Waals surface area contributed by atoms with Gasteiger partial charge in [-0.05, 0) is 37.9 Å². The lowest BCUT2D eigenvalue weighted by Gasteiger charge is -2.37. The highest BCUT2D eigenvalue weighted by Crippen LogP contribution is 2.41. The third kappa shape index (κ3) is 2.62. The Kier molecular flexibility index (Phi) is 3.20. The van der Waals surface area contributed by atoms with Gasteiger partial charge in [-0.3, -0.25) is 0 Å². The Hall–Kier alpha value is -0.330. The molecule has 19 heavy (non-hydrogen) atoms. The lowest BCUT2D eigenvalue weighted by Crippen LogP contribution is -2.44. The second-order valence-corrected chi connectivity index (χ2v) is 7.76. The number of nitrogens with zero attached hydrogens (tertiary/aromatic N) is 2. The van der Waals surface area contributed by atoms with E-state index in [9.17, 15) is 0 Å². The second kappa shape index (κ2) is 4.90. The molecule has 3 heterocycles. The molecule has 1 aromatic heterocycles. The van der Waals surface area contributed by atoms with Crippen LogP contribution < -0.4 is 5.32 Å². The van der Waals surface area contributed by atoms with Gasteiger partial charge in [0, 0.05) is 35.9 Å². The largest absolute Gasteiger partial charge is 0.374 e. The van der Waals surface area contributed by atoms with Crippen molar-refractivity contribution in [3.63, 3.8) is 0 Å². The van der Waals surface area contributed by atoms with Gasteiger partial charge in [0.1, 0.15) is 5.82 Å². The maximum Gasteiger partial charge on any atom is 0.202 e. The van der Waals surface area contributed by atoms with Crippen LogP contribution in [0, 0.1) is 0 Å². The van der Waals surface area contributed by atoms with Crippen LogP contribution in [0.3, 0.4) is 0 Å². The van der Waals surface area contributed by atoms with Crippen LogP contribution in [0.2, 0.25) is 0 Å². The molecule has 0 unspecified atom stereocenters. The Morgan fingerprint density at radius 1 is 1.32 bits per heavy atom. The van der Waals surface area contributed by atoms with Crippen LogP contribution in [0.5, 0.6) is 0 Å². The fourth-order valence-corrected chi connectivity index (χ4v) is 5.09. The van der Waals surface area contributed by atoms with Crippen molar-refractivity contribution >= 4 is 28.4 Å². The molecule has 0 bridgehead atoms. The number of hydrogen-bond donors (Lipinski definition) is 1. The smallest absolute Gasteiger partial charge is 0.202 e. The molecule has 3 fully saturated rings.